The smallest absolute Gasteiger partial charge is 0.466 e. The molecule has 0 N–H and O–H groups in total. The molecule has 20 heavy (non-hydrogen) atoms. The number of carbonyl (C=O) groups excluding carboxylic acids is 1. The van der Waals surface area contributed by atoms with Crippen molar-refractivity contribution in [1.29, 1.82) is 0 Å². The topological polar surface area (TPSA) is 48.4 Å². The van der Waals surface area contributed by atoms with Gasteiger partial charge < -0.3 is 9.47 Å². The molecule has 0 spiro atoms. The Kier molecular flexibility index (Phi) is 5.96. The maximum absolute atomic E-state index is 12.8. The molecule has 1 rings (SSSR count). The Morgan fingerprint density at radius 3 is 2.60 bits per heavy atom. The number of carbonyl (C=O) groups is 1. The van der Waals surface area contributed by atoms with Gasteiger partial charge in [0.1, 0.15) is 16.1 Å². The predicted molar refractivity (Wildman–Crippen MR) is 68.8 cm³/mol. The summed E-state index contributed by atoms with van der Waals surface area (Å²) in [6.07, 6.45) is -5.45. The van der Waals surface area contributed by atoms with Crippen molar-refractivity contribution in [2.45, 2.75) is 26.4 Å². The molecule has 0 fully saturated rings. The molecular formula is C11H10F4INO3. The number of rotatable bonds is 5. The first-order valence-corrected chi connectivity index (χ1v) is 6.50. The van der Waals surface area contributed by atoms with Crippen LogP contribution in [-0.2, 0) is 22.6 Å². The summed E-state index contributed by atoms with van der Waals surface area (Å²) in [5.74, 6) is -1.51. The van der Waals surface area contributed by atoms with Gasteiger partial charge in [-0.2, -0.15) is 0 Å². The van der Waals surface area contributed by atoms with Gasteiger partial charge in [0.2, 0.25) is 0 Å². The Morgan fingerprint density at radius 2 is 2.10 bits per heavy atom. The van der Waals surface area contributed by atoms with Crippen molar-refractivity contribution in [1.82, 2.24) is 4.98 Å². The van der Waals surface area contributed by atoms with Crippen molar-refractivity contribution < 1.29 is 31.8 Å². The molecule has 0 atom stereocenters. The van der Waals surface area contributed by atoms with Gasteiger partial charge >= 0.3 is 12.3 Å². The Hall–Kier alpha value is -1.13. The van der Waals surface area contributed by atoms with Crippen molar-refractivity contribution in [3.63, 3.8) is 0 Å². The second-order valence-corrected chi connectivity index (χ2v) is 4.65. The zero-order valence-corrected chi connectivity index (χ0v) is 12.4. The van der Waals surface area contributed by atoms with Gasteiger partial charge in [0.05, 0.1) is 13.0 Å². The molecule has 112 valence electrons. The average Bonchev–Trinajstić information content (AvgIpc) is 2.31. The molecule has 0 bridgehead atoms. The lowest BCUT2D eigenvalue weighted by Crippen LogP contribution is -2.21. The standard InChI is InChI=1S/C11H10F4INO3/c1-2-19-9(18)4-6-3-8(16)17-7(5-12)10(6)20-11(13,14)15/h3H,2,4-5H2,1H3. The molecule has 0 aromatic carbocycles. The monoisotopic (exact) mass is 407 g/mol. The summed E-state index contributed by atoms with van der Waals surface area (Å²) in [6.45, 7) is 0.416. The van der Waals surface area contributed by atoms with Gasteiger partial charge in [0, 0.05) is 5.56 Å². The van der Waals surface area contributed by atoms with Crippen LogP contribution in [0.2, 0.25) is 0 Å². The van der Waals surface area contributed by atoms with E-state index in [4.69, 9.17) is 0 Å². The van der Waals surface area contributed by atoms with Crippen LogP contribution in [0.4, 0.5) is 17.6 Å². The number of halogens is 5. The molecule has 0 amide bonds. The molecule has 0 aliphatic heterocycles. The summed E-state index contributed by atoms with van der Waals surface area (Å²) >= 11 is 1.71. The molecule has 9 heteroatoms. The van der Waals surface area contributed by atoms with E-state index in [-0.39, 0.29) is 15.9 Å². The second kappa shape index (κ2) is 7.04. The Bertz CT molecular complexity index is 493. The Morgan fingerprint density at radius 1 is 1.45 bits per heavy atom. The number of pyridine rings is 1. The minimum Gasteiger partial charge on any atom is -0.466 e. The van der Waals surface area contributed by atoms with Gasteiger partial charge in [-0.05, 0) is 35.6 Å². The second-order valence-electron chi connectivity index (χ2n) is 3.54. The molecular weight excluding hydrogens is 397 g/mol. The summed E-state index contributed by atoms with van der Waals surface area (Å²) in [7, 11) is 0. The van der Waals surface area contributed by atoms with Crippen LogP contribution in [0.5, 0.6) is 5.75 Å². The number of aromatic nitrogens is 1. The van der Waals surface area contributed by atoms with Gasteiger partial charge in [-0.25, -0.2) is 9.37 Å². The van der Waals surface area contributed by atoms with E-state index in [9.17, 15) is 22.4 Å². The number of ether oxygens (including phenoxy) is 2. The minimum absolute atomic E-state index is 0.0897. The fourth-order valence-corrected chi connectivity index (χ4v) is 2.10. The zero-order chi connectivity index (χ0) is 15.3. The van der Waals surface area contributed by atoms with E-state index in [1.165, 1.54) is 6.07 Å². The highest BCUT2D eigenvalue weighted by Gasteiger charge is 2.34. The fraction of sp³-hybridized carbons (Fsp3) is 0.455. The lowest BCUT2D eigenvalue weighted by molar-refractivity contribution is -0.275. The minimum atomic E-state index is -5.00. The van der Waals surface area contributed by atoms with E-state index in [2.05, 4.69) is 14.5 Å². The normalized spacial score (nSPS) is 11.3. The first-order valence-electron chi connectivity index (χ1n) is 5.42. The highest BCUT2D eigenvalue weighted by molar-refractivity contribution is 14.1. The van der Waals surface area contributed by atoms with E-state index >= 15 is 0 Å². The summed E-state index contributed by atoms with van der Waals surface area (Å²) in [5, 5.41) is 0. The maximum Gasteiger partial charge on any atom is 0.573 e. The lowest BCUT2D eigenvalue weighted by atomic mass is 10.1. The summed E-state index contributed by atoms with van der Waals surface area (Å²) in [4.78, 5) is 15.0. The third-order valence-corrected chi connectivity index (χ3v) is 2.63. The highest BCUT2D eigenvalue weighted by Crippen LogP contribution is 2.31. The van der Waals surface area contributed by atoms with E-state index in [1.807, 2.05) is 0 Å². The van der Waals surface area contributed by atoms with Crippen LogP contribution < -0.4 is 4.74 Å². The Labute approximate surface area is 125 Å². The van der Waals surface area contributed by atoms with Gasteiger partial charge in [0.25, 0.3) is 0 Å². The SMILES string of the molecule is CCOC(=O)Cc1cc(I)nc(CF)c1OC(F)(F)F. The molecule has 0 saturated carbocycles. The number of nitrogens with zero attached hydrogens (tertiary/aromatic N) is 1. The molecule has 1 heterocycles. The number of hydrogen-bond donors (Lipinski definition) is 0. The number of hydrogen-bond acceptors (Lipinski definition) is 4. The van der Waals surface area contributed by atoms with Crippen molar-refractivity contribution in [2.75, 3.05) is 6.61 Å². The quantitative estimate of drug-likeness (QED) is 0.326. The van der Waals surface area contributed by atoms with Crippen LogP contribution in [0.1, 0.15) is 18.2 Å². The predicted octanol–water partition coefficient (Wildman–Crippen LogP) is 3.16. The first kappa shape index (κ1) is 16.9. The summed E-state index contributed by atoms with van der Waals surface area (Å²) in [6, 6.07) is 1.22. The van der Waals surface area contributed by atoms with Gasteiger partial charge in [0.15, 0.2) is 5.75 Å². The van der Waals surface area contributed by atoms with Crippen molar-refractivity contribution in [3.05, 3.63) is 21.0 Å². The van der Waals surface area contributed by atoms with Crippen LogP contribution in [-0.4, -0.2) is 23.9 Å². The van der Waals surface area contributed by atoms with Crippen LogP contribution in [0, 0.1) is 3.70 Å². The van der Waals surface area contributed by atoms with Crippen LogP contribution >= 0.6 is 22.6 Å². The van der Waals surface area contributed by atoms with E-state index in [0.717, 1.165) is 0 Å². The van der Waals surface area contributed by atoms with Gasteiger partial charge in [-0.15, -0.1) is 13.2 Å². The first-order chi connectivity index (χ1) is 9.26. The largest absolute Gasteiger partial charge is 0.573 e. The zero-order valence-electron chi connectivity index (χ0n) is 10.3. The van der Waals surface area contributed by atoms with Crippen LogP contribution in [0.25, 0.3) is 0 Å². The highest BCUT2D eigenvalue weighted by atomic mass is 127. The third-order valence-electron chi connectivity index (χ3n) is 2.07. The molecule has 0 unspecified atom stereocenters. The Balaban J connectivity index is 3.18. The molecule has 1 aromatic heterocycles. The van der Waals surface area contributed by atoms with E-state index < -0.39 is 36.9 Å². The summed E-state index contributed by atoms with van der Waals surface area (Å²) < 4.78 is 58.5. The third kappa shape index (κ3) is 5.10. The van der Waals surface area contributed by atoms with Crippen molar-refractivity contribution in [2.24, 2.45) is 0 Å². The molecule has 0 saturated heterocycles. The fourth-order valence-electron chi connectivity index (χ4n) is 1.44. The molecule has 0 radical (unpaired) electrons. The molecule has 0 aliphatic rings. The molecule has 0 aliphatic carbocycles. The molecule has 4 nitrogen and oxygen atoms in total. The molecule has 1 aromatic rings. The van der Waals surface area contributed by atoms with E-state index in [1.54, 1.807) is 29.5 Å². The number of alkyl halides is 4. The maximum atomic E-state index is 12.8. The van der Waals surface area contributed by atoms with Crippen molar-refractivity contribution >= 4 is 28.6 Å². The van der Waals surface area contributed by atoms with Crippen LogP contribution in [0.3, 0.4) is 0 Å². The van der Waals surface area contributed by atoms with Crippen LogP contribution in [0.15, 0.2) is 6.07 Å². The van der Waals surface area contributed by atoms with Gasteiger partial charge in [-0.3, -0.25) is 4.79 Å². The van der Waals surface area contributed by atoms with E-state index in [0.29, 0.717) is 0 Å². The summed E-state index contributed by atoms with van der Waals surface area (Å²) in [5.41, 5.74) is -0.624. The lowest BCUT2D eigenvalue weighted by Gasteiger charge is -2.15. The van der Waals surface area contributed by atoms with Gasteiger partial charge in [-0.1, -0.05) is 0 Å². The van der Waals surface area contributed by atoms with Crippen molar-refractivity contribution in [3.8, 4) is 5.75 Å². The average molecular weight is 407 g/mol. The number of esters is 1.